The Balaban J connectivity index is 0. The van der Waals surface area contributed by atoms with E-state index in [0.29, 0.717) is 13.0 Å². The Bertz CT molecular complexity index is 164. The van der Waals surface area contributed by atoms with Gasteiger partial charge in [0.15, 0.2) is 0 Å². The van der Waals surface area contributed by atoms with E-state index in [9.17, 15) is 4.79 Å². The number of rotatable bonds is 5. The molecule has 0 aliphatic heterocycles. The molecule has 0 fully saturated rings. The van der Waals surface area contributed by atoms with Crippen molar-refractivity contribution in [2.75, 3.05) is 13.6 Å². The minimum absolute atomic E-state index is 0. The summed E-state index contributed by atoms with van der Waals surface area (Å²) in [6.45, 7) is 7.48. The van der Waals surface area contributed by atoms with Crippen LogP contribution in [0.2, 0.25) is 0 Å². The second-order valence-electron chi connectivity index (χ2n) is 2.58. The van der Waals surface area contributed by atoms with Crippen LogP contribution in [-0.4, -0.2) is 30.4 Å². The molecule has 1 radical (unpaired) electrons. The Morgan fingerprint density at radius 3 is 2.46 bits per heavy atom. The predicted octanol–water partition coefficient (Wildman–Crippen LogP) is 1.63. The van der Waals surface area contributed by atoms with E-state index in [2.05, 4.69) is 13.2 Å². The first-order chi connectivity index (χ1) is 5.63. The van der Waals surface area contributed by atoms with Crippen molar-refractivity contribution in [3.63, 3.8) is 0 Å². The first-order valence-electron chi connectivity index (χ1n) is 3.81. The first kappa shape index (κ1) is 15.7. The Morgan fingerprint density at radius 2 is 2.08 bits per heavy atom. The van der Waals surface area contributed by atoms with Gasteiger partial charge in [-0.15, -0.1) is 13.2 Å². The van der Waals surface area contributed by atoms with Gasteiger partial charge in [-0.25, -0.2) is 0 Å². The first-order valence-corrected chi connectivity index (χ1v) is 3.81. The van der Waals surface area contributed by atoms with Crippen molar-refractivity contribution in [3.05, 3.63) is 31.0 Å². The van der Waals surface area contributed by atoms with Gasteiger partial charge in [0, 0.05) is 54.9 Å². The number of hydrogen-bond acceptors (Lipinski definition) is 1. The van der Waals surface area contributed by atoms with Gasteiger partial charge in [0.05, 0.1) is 0 Å². The van der Waals surface area contributed by atoms with Crippen LogP contribution < -0.4 is 0 Å². The van der Waals surface area contributed by atoms with Crippen LogP contribution in [0.5, 0.6) is 0 Å². The van der Waals surface area contributed by atoms with E-state index < -0.39 is 6.04 Å². The molecule has 0 saturated heterocycles. The molecular formula is C9H15N2OPr-. The number of carbonyl (C=O) groups is 1. The fraction of sp³-hybridized carbons (Fsp3) is 0.444. The van der Waals surface area contributed by atoms with E-state index in [0.717, 1.165) is 0 Å². The average Bonchev–Trinajstić information content (AvgIpc) is 2.04. The summed E-state index contributed by atoms with van der Waals surface area (Å²) in [7, 11) is 1.66. The van der Waals surface area contributed by atoms with Crippen molar-refractivity contribution >= 4 is 5.91 Å². The van der Waals surface area contributed by atoms with Gasteiger partial charge in [-0.05, 0) is 6.42 Å². The van der Waals surface area contributed by atoms with E-state index >= 15 is 0 Å². The smallest absolute Gasteiger partial charge is 0.205 e. The summed E-state index contributed by atoms with van der Waals surface area (Å²) in [5, 5.41) is 0. The van der Waals surface area contributed by atoms with Crippen LogP contribution >= 0.6 is 0 Å². The molecule has 4 heteroatoms. The molecule has 1 atom stereocenters. The second kappa shape index (κ2) is 8.85. The van der Waals surface area contributed by atoms with Gasteiger partial charge < -0.3 is 10.6 Å². The third-order valence-electron chi connectivity index (χ3n) is 1.48. The Kier molecular flexibility index (Phi) is 10.7. The number of likely N-dealkylation sites (N-methyl/N-ethyl adjacent to an activating group) is 1. The molecule has 0 saturated carbocycles. The van der Waals surface area contributed by atoms with Crippen LogP contribution in [-0.2, 0) is 4.79 Å². The largest absolute Gasteiger partial charge is 0.667 e. The Hall–Kier alpha value is 0.274. The zero-order chi connectivity index (χ0) is 9.56. The Labute approximate surface area is 113 Å². The van der Waals surface area contributed by atoms with E-state index in [-0.39, 0.29) is 47.2 Å². The molecule has 71 valence electrons. The molecule has 0 bridgehead atoms. The van der Waals surface area contributed by atoms with Crippen molar-refractivity contribution in [1.82, 2.24) is 4.90 Å². The van der Waals surface area contributed by atoms with Crippen LogP contribution in [0.3, 0.4) is 0 Å². The summed E-state index contributed by atoms with van der Waals surface area (Å²) >= 11 is 0. The topological polar surface area (TPSA) is 44.1 Å². The average molecular weight is 308 g/mol. The molecule has 0 aliphatic carbocycles. The van der Waals surface area contributed by atoms with Crippen LogP contribution in [0.1, 0.15) is 6.42 Å². The van der Waals surface area contributed by atoms with Crippen molar-refractivity contribution in [2.45, 2.75) is 12.5 Å². The van der Waals surface area contributed by atoms with Crippen LogP contribution in [0, 0.1) is 41.3 Å². The quantitative estimate of drug-likeness (QED) is 0.712. The molecule has 1 amide bonds. The van der Waals surface area contributed by atoms with Gasteiger partial charge in [-0.1, -0.05) is 18.2 Å². The number of carbonyl (C=O) groups excluding carboxylic acids is 1. The van der Waals surface area contributed by atoms with Crippen LogP contribution in [0.15, 0.2) is 25.3 Å². The number of nitrogens with one attached hydrogen (secondary N) is 1. The van der Waals surface area contributed by atoms with Crippen molar-refractivity contribution in [3.8, 4) is 0 Å². The van der Waals surface area contributed by atoms with Gasteiger partial charge in [-0.3, -0.25) is 4.79 Å². The SMILES string of the molecule is C=CCC([NH-])C(=O)N(C)CC=C.[Pr]. The van der Waals surface area contributed by atoms with Crippen LogP contribution in [0.4, 0.5) is 0 Å². The van der Waals surface area contributed by atoms with Crippen molar-refractivity contribution in [1.29, 1.82) is 0 Å². The van der Waals surface area contributed by atoms with Gasteiger partial charge in [-0.2, -0.15) is 0 Å². The minimum atomic E-state index is -0.715. The fourth-order valence-electron chi connectivity index (χ4n) is 0.817. The zero-order valence-corrected chi connectivity index (χ0v) is 11.7. The van der Waals surface area contributed by atoms with E-state index in [1.54, 1.807) is 19.2 Å². The molecule has 1 unspecified atom stereocenters. The van der Waals surface area contributed by atoms with Crippen LogP contribution in [0.25, 0.3) is 5.73 Å². The molecule has 0 aromatic carbocycles. The van der Waals surface area contributed by atoms with Crippen molar-refractivity contribution in [2.24, 2.45) is 0 Å². The third kappa shape index (κ3) is 6.36. The summed E-state index contributed by atoms with van der Waals surface area (Å²) in [5.41, 5.74) is 7.39. The summed E-state index contributed by atoms with van der Waals surface area (Å²) in [5.74, 6) is -0.185. The van der Waals surface area contributed by atoms with Gasteiger partial charge in [0.2, 0.25) is 5.91 Å². The summed E-state index contributed by atoms with van der Waals surface area (Å²) in [6, 6.07) is -0.715. The van der Waals surface area contributed by atoms with E-state index in [4.69, 9.17) is 5.73 Å². The number of nitrogens with zero attached hydrogens (tertiary/aromatic N) is 1. The minimum Gasteiger partial charge on any atom is -0.667 e. The standard InChI is InChI=1S/C9H15N2O.Pr/c1-4-6-8(10)9(12)11(3)7-5-2;/h4-5,8,10H,1-2,6-7H2,3H3;/q-1;. The molecule has 13 heavy (non-hydrogen) atoms. The fourth-order valence-corrected chi connectivity index (χ4v) is 0.817. The second-order valence-corrected chi connectivity index (χ2v) is 2.58. The van der Waals surface area contributed by atoms with E-state index in [1.807, 2.05) is 0 Å². The normalized spacial score (nSPS) is 10.9. The molecule has 0 aromatic heterocycles. The van der Waals surface area contributed by atoms with Gasteiger partial charge >= 0.3 is 0 Å². The summed E-state index contributed by atoms with van der Waals surface area (Å²) in [4.78, 5) is 12.7. The molecule has 0 rings (SSSR count). The third-order valence-corrected chi connectivity index (χ3v) is 1.48. The number of amides is 1. The van der Waals surface area contributed by atoms with Gasteiger partial charge in [0.1, 0.15) is 0 Å². The molecule has 0 spiro atoms. The summed E-state index contributed by atoms with van der Waals surface area (Å²) in [6.07, 6.45) is 3.62. The zero-order valence-electron chi connectivity index (χ0n) is 7.99. The monoisotopic (exact) mass is 308 g/mol. The van der Waals surface area contributed by atoms with Crippen molar-refractivity contribution < 1.29 is 46.1 Å². The number of hydrogen-bond donors (Lipinski definition) is 0. The van der Waals surface area contributed by atoms with E-state index in [1.165, 1.54) is 4.90 Å². The Morgan fingerprint density at radius 1 is 1.54 bits per heavy atom. The molecular weight excluding hydrogens is 293 g/mol. The summed E-state index contributed by atoms with van der Waals surface area (Å²) < 4.78 is 0. The molecule has 0 aliphatic rings. The maximum absolute atomic E-state index is 11.3. The molecule has 0 heterocycles. The molecule has 1 N–H and O–H groups in total. The molecule has 0 aromatic rings. The maximum Gasteiger partial charge on any atom is 0.205 e. The predicted molar refractivity (Wildman–Crippen MR) is 50.8 cm³/mol. The molecule has 3 nitrogen and oxygen atoms in total. The van der Waals surface area contributed by atoms with Gasteiger partial charge in [0.25, 0.3) is 0 Å². The maximum atomic E-state index is 11.3.